The molecule has 0 atom stereocenters. The van der Waals surface area contributed by atoms with E-state index in [-0.39, 0.29) is 0 Å². The van der Waals surface area contributed by atoms with Crippen LogP contribution in [0, 0.1) is 0 Å². The fourth-order valence-electron chi connectivity index (χ4n) is 1.88. The van der Waals surface area contributed by atoms with E-state index in [1.807, 2.05) is 13.0 Å². The predicted molar refractivity (Wildman–Crippen MR) is 83.4 cm³/mol. The van der Waals surface area contributed by atoms with Crippen molar-refractivity contribution >= 4 is 17.4 Å². The van der Waals surface area contributed by atoms with Crippen LogP contribution in [0.15, 0.2) is 6.07 Å². The summed E-state index contributed by atoms with van der Waals surface area (Å²) < 4.78 is 5.35. The third-order valence-electron chi connectivity index (χ3n) is 2.90. The van der Waals surface area contributed by atoms with Crippen LogP contribution in [0.3, 0.4) is 0 Å². The first-order valence-electron chi connectivity index (χ1n) is 7.07. The van der Waals surface area contributed by atoms with E-state index < -0.39 is 0 Å². The second-order valence-corrected chi connectivity index (χ2v) is 5.23. The van der Waals surface area contributed by atoms with E-state index >= 15 is 0 Å². The average Bonchev–Trinajstić information content (AvgIpc) is 2.40. The zero-order valence-electron chi connectivity index (χ0n) is 12.9. The predicted octanol–water partition coefficient (Wildman–Crippen LogP) is 2.44. The van der Waals surface area contributed by atoms with Crippen LogP contribution in [0.5, 0.6) is 0 Å². The lowest BCUT2D eigenvalue weighted by Gasteiger charge is -2.23. The van der Waals surface area contributed by atoms with Gasteiger partial charge in [0.25, 0.3) is 0 Å². The summed E-state index contributed by atoms with van der Waals surface area (Å²) in [5, 5.41) is 0.468. The van der Waals surface area contributed by atoms with Crippen LogP contribution in [-0.2, 0) is 11.3 Å². The number of anilines is 1. The second kappa shape index (κ2) is 9.10. The van der Waals surface area contributed by atoms with Gasteiger partial charge in [-0.1, -0.05) is 11.6 Å². The van der Waals surface area contributed by atoms with Gasteiger partial charge in [-0.15, -0.1) is 0 Å². The van der Waals surface area contributed by atoms with Crippen LogP contribution in [0.1, 0.15) is 26.1 Å². The maximum atomic E-state index is 6.07. The lowest BCUT2D eigenvalue weighted by atomic mass is 10.3. The fourth-order valence-corrected chi connectivity index (χ4v) is 2.08. The Hall–Kier alpha value is -0.910. The monoisotopic (exact) mass is 300 g/mol. The first-order valence-corrected chi connectivity index (χ1v) is 7.45. The van der Waals surface area contributed by atoms with Crippen LogP contribution in [0.2, 0.25) is 5.15 Å². The SMILES string of the molecule is CCOCc1nc(Cl)cc(N(CC)CCCN(C)C)n1. The topological polar surface area (TPSA) is 41.5 Å². The normalized spacial score (nSPS) is 11.1. The highest BCUT2D eigenvalue weighted by Gasteiger charge is 2.10. The summed E-state index contributed by atoms with van der Waals surface area (Å²) in [7, 11) is 4.16. The van der Waals surface area contributed by atoms with Crippen LogP contribution in [0.4, 0.5) is 5.82 Å². The molecule has 0 fully saturated rings. The standard InChI is InChI=1S/C14H25ClN4O/c1-5-19(9-7-8-18(3)4)14-10-12(15)16-13(17-14)11-20-6-2/h10H,5-9,11H2,1-4H3. The van der Waals surface area contributed by atoms with Crippen LogP contribution < -0.4 is 4.90 Å². The van der Waals surface area contributed by atoms with E-state index in [0.29, 0.717) is 24.2 Å². The molecule has 0 N–H and O–H groups in total. The molecule has 0 unspecified atom stereocenters. The maximum Gasteiger partial charge on any atom is 0.158 e. The summed E-state index contributed by atoms with van der Waals surface area (Å²) in [4.78, 5) is 13.1. The summed E-state index contributed by atoms with van der Waals surface area (Å²) in [6.45, 7) is 8.02. The number of nitrogens with zero attached hydrogens (tertiary/aromatic N) is 4. The Morgan fingerprint density at radius 2 is 1.95 bits per heavy atom. The molecule has 20 heavy (non-hydrogen) atoms. The number of hydrogen-bond acceptors (Lipinski definition) is 5. The van der Waals surface area contributed by atoms with Crippen LogP contribution in [-0.4, -0.2) is 55.2 Å². The zero-order chi connectivity index (χ0) is 15.0. The van der Waals surface area contributed by atoms with E-state index in [1.165, 1.54) is 0 Å². The molecule has 0 aliphatic rings. The minimum Gasteiger partial charge on any atom is -0.374 e. The van der Waals surface area contributed by atoms with Crippen molar-refractivity contribution in [1.29, 1.82) is 0 Å². The number of halogens is 1. The Kier molecular flexibility index (Phi) is 7.80. The Bertz CT molecular complexity index is 401. The first kappa shape index (κ1) is 17.1. The molecule has 1 heterocycles. The molecule has 0 aliphatic carbocycles. The molecular formula is C14H25ClN4O. The average molecular weight is 301 g/mol. The molecule has 0 aromatic carbocycles. The minimum atomic E-state index is 0.402. The van der Waals surface area contributed by atoms with E-state index in [4.69, 9.17) is 16.3 Å². The van der Waals surface area contributed by atoms with Crippen molar-refractivity contribution in [1.82, 2.24) is 14.9 Å². The summed E-state index contributed by atoms with van der Waals surface area (Å²) >= 11 is 6.07. The number of rotatable bonds is 9. The Morgan fingerprint density at radius 3 is 2.55 bits per heavy atom. The number of aromatic nitrogens is 2. The first-order chi connectivity index (χ1) is 9.56. The lowest BCUT2D eigenvalue weighted by molar-refractivity contribution is 0.128. The van der Waals surface area contributed by atoms with E-state index in [2.05, 4.69) is 40.8 Å². The van der Waals surface area contributed by atoms with Gasteiger partial charge in [-0.25, -0.2) is 9.97 Å². The highest BCUT2D eigenvalue weighted by Crippen LogP contribution is 2.17. The number of ether oxygens (including phenoxy) is 1. The third-order valence-corrected chi connectivity index (χ3v) is 3.10. The van der Waals surface area contributed by atoms with Crippen molar-refractivity contribution in [2.75, 3.05) is 45.2 Å². The van der Waals surface area contributed by atoms with Gasteiger partial charge in [0.05, 0.1) is 0 Å². The summed E-state index contributed by atoms with van der Waals surface area (Å²) in [6.07, 6.45) is 1.09. The molecule has 0 amide bonds. The molecule has 1 aromatic heterocycles. The molecule has 5 nitrogen and oxygen atoms in total. The largest absolute Gasteiger partial charge is 0.374 e. The number of hydrogen-bond donors (Lipinski definition) is 0. The molecule has 0 saturated heterocycles. The highest BCUT2D eigenvalue weighted by molar-refractivity contribution is 6.29. The minimum absolute atomic E-state index is 0.402. The molecule has 6 heteroatoms. The van der Waals surface area contributed by atoms with E-state index in [0.717, 1.165) is 31.9 Å². The van der Waals surface area contributed by atoms with Gasteiger partial charge < -0.3 is 14.5 Å². The molecule has 0 bridgehead atoms. The van der Waals surface area contributed by atoms with Crippen molar-refractivity contribution in [3.63, 3.8) is 0 Å². The summed E-state index contributed by atoms with van der Waals surface area (Å²) in [5.41, 5.74) is 0. The van der Waals surface area contributed by atoms with E-state index in [1.54, 1.807) is 0 Å². The van der Waals surface area contributed by atoms with Gasteiger partial charge in [-0.3, -0.25) is 0 Å². The van der Waals surface area contributed by atoms with Gasteiger partial charge in [0, 0.05) is 25.8 Å². The molecule has 0 spiro atoms. The zero-order valence-corrected chi connectivity index (χ0v) is 13.7. The van der Waals surface area contributed by atoms with Crippen molar-refractivity contribution in [3.05, 3.63) is 17.0 Å². The molecule has 1 aromatic rings. The third kappa shape index (κ3) is 6.03. The smallest absolute Gasteiger partial charge is 0.158 e. The molecule has 0 saturated carbocycles. The van der Waals surface area contributed by atoms with Crippen molar-refractivity contribution in [2.45, 2.75) is 26.9 Å². The van der Waals surface area contributed by atoms with Crippen molar-refractivity contribution in [3.8, 4) is 0 Å². The van der Waals surface area contributed by atoms with Gasteiger partial charge in [0.15, 0.2) is 5.82 Å². The molecular weight excluding hydrogens is 276 g/mol. The van der Waals surface area contributed by atoms with Crippen LogP contribution >= 0.6 is 11.6 Å². The fraction of sp³-hybridized carbons (Fsp3) is 0.714. The van der Waals surface area contributed by atoms with Gasteiger partial charge >= 0.3 is 0 Å². The van der Waals surface area contributed by atoms with Gasteiger partial charge in [-0.05, 0) is 40.9 Å². The van der Waals surface area contributed by atoms with Crippen molar-refractivity contribution in [2.24, 2.45) is 0 Å². The van der Waals surface area contributed by atoms with Crippen molar-refractivity contribution < 1.29 is 4.74 Å². The highest BCUT2D eigenvalue weighted by atomic mass is 35.5. The van der Waals surface area contributed by atoms with Gasteiger partial charge in [-0.2, -0.15) is 0 Å². The summed E-state index contributed by atoms with van der Waals surface area (Å²) in [5.74, 6) is 1.52. The Balaban J connectivity index is 2.72. The second-order valence-electron chi connectivity index (χ2n) is 4.84. The quantitative estimate of drug-likeness (QED) is 0.655. The Labute approximate surface area is 126 Å². The van der Waals surface area contributed by atoms with E-state index in [9.17, 15) is 0 Å². The molecule has 0 radical (unpaired) electrons. The molecule has 1 rings (SSSR count). The van der Waals surface area contributed by atoms with Gasteiger partial charge in [0.2, 0.25) is 0 Å². The van der Waals surface area contributed by atoms with Gasteiger partial charge in [0.1, 0.15) is 17.6 Å². The summed E-state index contributed by atoms with van der Waals surface area (Å²) in [6, 6.07) is 1.82. The maximum absolute atomic E-state index is 6.07. The Morgan fingerprint density at radius 1 is 1.20 bits per heavy atom. The van der Waals surface area contributed by atoms with Crippen LogP contribution in [0.25, 0.3) is 0 Å². The lowest BCUT2D eigenvalue weighted by Crippen LogP contribution is -2.28. The molecule has 114 valence electrons. The molecule has 0 aliphatic heterocycles.